The van der Waals surface area contributed by atoms with Gasteiger partial charge in [0.2, 0.25) is 5.79 Å². The van der Waals surface area contributed by atoms with E-state index in [4.69, 9.17) is 32.6 Å². The van der Waals surface area contributed by atoms with Gasteiger partial charge in [-0.15, -0.1) is 0 Å². The maximum absolute atomic E-state index is 13.2. The summed E-state index contributed by atoms with van der Waals surface area (Å²) >= 11 is -2.27. The fraction of sp³-hybridized carbons (Fsp3) is 0.542. The molecule has 5 atom stereocenters. The third kappa shape index (κ3) is 4.69. The average molecular weight is 508 g/mol. The predicted octanol–water partition coefficient (Wildman–Crippen LogP) is 3.26. The Kier molecular flexibility index (Phi) is 6.16. The maximum atomic E-state index is 13.2. The molecule has 3 aliphatic heterocycles. The van der Waals surface area contributed by atoms with Gasteiger partial charge in [-0.1, -0.05) is 36.4 Å². The molecular weight excluding hydrogens is 478 g/mol. The van der Waals surface area contributed by atoms with Crippen LogP contribution in [-0.2, 0) is 39.1 Å². The first-order valence-electron chi connectivity index (χ1n) is 11.3. The summed E-state index contributed by atoms with van der Waals surface area (Å²) in [6.07, 6.45) is -3.01. The Balaban J connectivity index is 1.35. The Morgan fingerprint density at radius 2 is 1.77 bits per heavy atom. The maximum Gasteiger partial charge on any atom is 0.428 e. The number of amides is 1. The molecule has 11 heteroatoms. The summed E-state index contributed by atoms with van der Waals surface area (Å²) in [5.74, 6) is -2.89. The van der Waals surface area contributed by atoms with Gasteiger partial charge in [0.15, 0.2) is 17.7 Å². The lowest BCUT2D eigenvalue weighted by molar-refractivity contribution is -0.320. The Labute approximate surface area is 206 Å². The van der Waals surface area contributed by atoms with Crippen molar-refractivity contribution in [2.75, 3.05) is 20.3 Å². The molecule has 5 rings (SSSR count). The molecule has 3 saturated heterocycles. The molecule has 2 aromatic rings. The highest BCUT2D eigenvalue weighted by Crippen LogP contribution is 2.45. The van der Waals surface area contributed by atoms with Crippen molar-refractivity contribution in [1.82, 2.24) is 4.31 Å². The van der Waals surface area contributed by atoms with Gasteiger partial charge < -0.3 is 28.4 Å². The molecule has 3 aliphatic rings. The SMILES string of the molecule is CN(C(=O)Oc1cccc2ccccc12)S(=O)O[C@H]1[C@@H]2OC(C)(C)O[C@@H]2CO[C@]12COC(C)(C)O2. The molecule has 3 fully saturated rings. The number of carbonyl (C=O) groups excluding carboxylic acids is 1. The van der Waals surface area contributed by atoms with Crippen LogP contribution in [0.4, 0.5) is 4.79 Å². The van der Waals surface area contributed by atoms with E-state index in [0.717, 1.165) is 15.1 Å². The molecule has 0 radical (unpaired) electrons. The monoisotopic (exact) mass is 507 g/mol. The highest BCUT2D eigenvalue weighted by molar-refractivity contribution is 7.78. The van der Waals surface area contributed by atoms with Gasteiger partial charge in [0.05, 0.1) is 6.61 Å². The summed E-state index contributed by atoms with van der Waals surface area (Å²) < 4.78 is 55.4. The molecule has 0 aliphatic carbocycles. The molecule has 0 saturated carbocycles. The van der Waals surface area contributed by atoms with E-state index in [0.29, 0.717) is 5.75 Å². The van der Waals surface area contributed by atoms with Crippen LogP contribution in [0.25, 0.3) is 10.8 Å². The van der Waals surface area contributed by atoms with Crippen LogP contribution in [0.15, 0.2) is 42.5 Å². The van der Waals surface area contributed by atoms with E-state index in [1.54, 1.807) is 39.8 Å². The molecule has 0 bridgehead atoms. The lowest BCUT2D eigenvalue weighted by Gasteiger charge is -2.43. The van der Waals surface area contributed by atoms with Crippen LogP contribution in [-0.4, -0.2) is 70.5 Å². The van der Waals surface area contributed by atoms with Crippen molar-refractivity contribution in [3.05, 3.63) is 42.5 Å². The van der Waals surface area contributed by atoms with Gasteiger partial charge >= 0.3 is 6.09 Å². The molecule has 0 N–H and O–H groups in total. The predicted molar refractivity (Wildman–Crippen MR) is 124 cm³/mol. The number of nitrogens with zero attached hydrogens (tertiary/aromatic N) is 1. The fourth-order valence-electron chi connectivity index (χ4n) is 4.55. The van der Waals surface area contributed by atoms with Crippen molar-refractivity contribution in [2.45, 2.75) is 63.4 Å². The summed E-state index contributed by atoms with van der Waals surface area (Å²) in [6.45, 7) is 7.24. The largest absolute Gasteiger partial charge is 0.428 e. The van der Waals surface area contributed by atoms with Crippen molar-refractivity contribution >= 4 is 28.1 Å². The third-order valence-electron chi connectivity index (χ3n) is 6.10. The van der Waals surface area contributed by atoms with Crippen LogP contribution in [0.3, 0.4) is 0 Å². The molecular formula is C24H29NO9S. The van der Waals surface area contributed by atoms with Crippen molar-refractivity contribution < 1.29 is 41.6 Å². The summed E-state index contributed by atoms with van der Waals surface area (Å²) in [5, 5.41) is 1.66. The molecule has 2 aromatic carbocycles. The first kappa shape index (κ1) is 24.6. The topological polar surface area (TPSA) is 102 Å². The third-order valence-corrected chi connectivity index (χ3v) is 7.07. The van der Waals surface area contributed by atoms with Crippen molar-refractivity contribution in [1.29, 1.82) is 0 Å². The zero-order valence-electron chi connectivity index (χ0n) is 20.2. The van der Waals surface area contributed by atoms with Crippen LogP contribution in [0.5, 0.6) is 5.75 Å². The van der Waals surface area contributed by atoms with E-state index in [1.165, 1.54) is 7.05 Å². The van der Waals surface area contributed by atoms with Gasteiger partial charge in [-0.2, -0.15) is 0 Å². The summed E-state index contributed by atoms with van der Waals surface area (Å²) in [7, 11) is 1.32. The van der Waals surface area contributed by atoms with E-state index in [-0.39, 0.29) is 13.2 Å². The summed E-state index contributed by atoms with van der Waals surface area (Å²) in [4.78, 5) is 12.9. The number of carbonyl (C=O) groups is 1. The highest BCUT2D eigenvalue weighted by atomic mass is 32.2. The van der Waals surface area contributed by atoms with Crippen LogP contribution in [0, 0.1) is 0 Å². The number of ether oxygens (including phenoxy) is 6. The van der Waals surface area contributed by atoms with Gasteiger partial charge in [-0.3, -0.25) is 4.18 Å². The van der Waals surface area contributed by atoms with E-state index < -0.39 is 53.0 Å². The van der Waals surface area contributed by atoms with Crippen LogP contribution in [0.2, 0.25) is 0 Å². The number of hydrogen-bond donors (Lipinski definition) is 0. The zero-order chi connectivity index (χ0) is 25.0. The minimum absolute atomic E-state index is 0.0268. The highest BCUT2D eigenvalue weighted by Gasteiger charge is 2.64. The van der Waals surface area contributed by atoms with Gasteiger partial charge in [-0.25, -0.2) is 13.3 Å². The van der Waals surface area contributed by atoms with E-state index >= 15 is 0 Å². The lowest BCUT2D eigenvalue weighted by Crippen LogP contribution is -2.63. The molecule has 0 aromatic heterocycles. The Morgan fingerprint density at radius 1 is 1.03 bits per heavy atom. The van der Waals surface area contributed by atoms with Crippen molar-refractivity contribution in [3.63, 3.8) is 0 Å². The second-order valence-electron chi connectivity index (χ2n) is 9.63. The van der Waals surface area contributed by atoms with Crippen molar-refractivity contribution in [3.8, 4) is 5.75 Å². The Bertz CT molecular complexity index is 1150. The van der Waals surface area contributed by atoms with Gasteiger partial charge in [0, 0.05) is 12.4 Å². The van der Waals surface area contributed by atoms with E-state index in [1.807, 2.05) is 30.3 Å². The van der Waals surface area contributed by atoms with Crippen LogP contribution < -0.4 is 4.74 Å². The smallest absolute Gasteiger partial charge is 0.409 e. The van der Waals surface area contributed by atoms with Crippen LogP contribution >= 0.6 is 0 Å². The molecule has 35 heavy (non-hydrogen) atoms. The minimum atomic E-state index is -2.27. The molecule has 1 unspecified atom stereocenters. The van der Waals surface area contributed by atoms with E-state index in [9.17, 15) is 9.00 Å². The lowest BCUT2D eigenvalue weighted by atomic mass is 9.97. The zero-order valence-corrected chi connectivity index (χ0v) is 21.0. The first-order valence-corrected chi connectivity index (χ1v) is 12.4. The number of rotatable bonds is 4. The molecule has 1 amide bonds. The van der Waals surface area contributed by atoms with Gasteiger partial charge in [0.25, 0.3) is 11.3 Å². The number of hydrogen-bond acceptors (Lipinski definition) is 9. The summed E-state index contributed by atoms with van der Waals surface area (Å²) in [5.41, 5.74) is 0. The molecule has 3 heterocycles. The number of fused-ring (bicyclic) bond motifs is 2. The molecule has 10 nitrogen and oxygen atoms in total. The van der Waals surface area contributed by atoms with Crippen LogP contribution in [0.1, 0.15) is 27.7 Å². The van der Waals surface area contributed by atoms with Gasteiger partial charge in [0.1, 0.15) is 24.6 Å². The Hall–Kier alpha value is -2.12. The fourth-order valence-corrected chi connectivity index (χ4v) is 5.27. The second kappa shape index (κ2) is 8.77. The normalized spacial score (nSPS) is 31.9. The number of benzene rings is 2. The molecule has 1 spiro atoms. The standard InChI is InChI=1S/C24H29NO9S/c1-22(2)29-14-24(34-22)20(19-18(13-28-24)31-23(3,4)32-19)33-35(27)25(5)21(26)30-17-12-8-10-15-9-6-7-11-16(15)17/h6-12,18-20H,13-14H2,1-5H3/t18-,19-,20+,24+,35?/m1/s1. The summed E-state index contributed by atoms with van der Waals surface area (Å²) in [6, 6.07) is 12.8. The van der Waals surface area contributed by atoms with E-state index in [2.05, 4.69) is 0 Å². The minimum Gasteiger partial charge on any atom is -0.409 e. The van der Waals surface area contributed by atoms with Gasteiger partial charge in [-0.05, 0) is 39.1 Å². The first-order chi connectivity index (χ1) is 16.5. The quantitative estimate of drug-likeness (QED) is 0.617. The second-order valence-corrected chi connectivity index (χ2v) is 10.8. The molecule has 190 valence electrons. The van der Waals surface area contributed by atoms with Crippen molar-refractivity contribution in [2.24, 2.45) is 0 Å². The Morgan fingerprint density at radius 3 is 2.51 bits per heavy atom. The average Bonchev–Trinajstić information content (AvgIpc) is 3.30.